The van der Waals surface area contributed by atoms with Gasteiger partial charge in [0.05, 0.1) is 0 Å². The van der Waals surface area contributed by atoms with Gasteiger partial charge in [0.25, 0.3) is 0 Å². The number of rotatable bonds is 9. The maximum atomic E-state index is 10.2. The van der Waals surface area contributed by atoms with Crippen LogP contribution in [-0.2, 0) is 9.63 Å². The van der Waals surface area contributed by atoms with Gasteiger partial charge in [-0.1, -0.05) is 12.8 Å². The summed E-state index contributed by atoms with van der Waals surface area (Å²) in [6.07, 6.45) is 3.89. The molecule has 0 unspecified atom stereocenters. The van der Waals surface area contributed by atoms with Gasteiger partial charge in [0.1, 0.15) is 6.61 Å². The van der Waals surface area contributed by atoms with Gasteiger partial charge < -0.3 is 10.8 Å². The summed E-state index contributed by atoms with van der Waals surface area (Å²) in [6.45, 7) is 0.876. The van der Waals surface area contributed by atoms with Gasteiger partial charge in [-0.2, -0.15) is 0 Å². The summed E-state index contributed by atoms with van der Waals surface area (Å²) in [7, 11) is 0. The Labute approximate surface area is 78.2 Å². The molecule has 0 saturated heterocycles. The molecule has 5 nitrogen and oxygen atoms in total. The maximum Gasteiger partial charge on any atom is 0.245 e. The van der Waals surface area contributed by atoms with Gasteiger partial charge in [-0.05, 0) is 12.8 Å². The number of carbonyl (C=O) groups excluding carboxylic acids is 1. The fourth-order valence-electron chi connectivity index (χ4n) is 0.857. The number of amides is 1. The highest BCUT2D eigenvalue weighted by Crippen LogP contribution is 1.97. The van der Waals surface area contributed by atoms with Crippen LogP contribution >= 0.6 is 0 Å². The zero-order chi connectivity index (χ0) is 9.94. The molecule has 0 aromatic heterocycles. The Kier molecular flexibility index (Phi) is 8.97. The summed E-state index contributed by atoms with van der Waals surface area (Å²) in [5.41, 5.74) is 7.47. The third kappa shape index (κ3) is 11.3. The second kappa shape index (κ2) is 9.44. The minimum Gasteiger partial charge on any atom is -0.396 e. The second-order valence-corrected chi connectivity index (χ2v) is 2.79. The molecule has 0 bridgehead atoms. The molecule has 0 aliphatic rings. The first kappa shape index (κ1) is 12.3. The number of aliphatic hydroxyl groups excluding tert-OH is 1. The van der Waals surface area contributed by atoms with E-state index in [0.29, 0.717) is 6.54 Å². The van der Waals surface area contributed by atoms with Gasteiger partial charge in [0.15, 0.2) is 0 Å². The first-order valence-corrected chi connectivity index (χ1v) is 4.51. The molecule has 0 aromatic carbocycles. The first-order valence-electron chi connectivity index (χ1n) is 4.51. The fourth-order valence-corrected chi connectivity index (χ4v) is 0.857. The number of hydroxylamine groups is 1. The zero-order valence-electron chi connectivity index (χ0n) is 7.79. The van der Waals surface area contributed by atoms with Crippen LogP contribution in [0.4, 0.5) is 0 Å². The second-order valence-electron chi connectivity index (χ2n) is 2.79. The van der Waals surface area contributed by atoms with Gasteiger partial charge in [-0.3, -0.25) is 9.63 Å². The summed E-state index contributed by atoms with van der Waals surface area (Å²) >= 11 is 0. The lowest BCUT2D eigenvalue weighted by Crippen LogP contribution is -2.25. The van der Waals surface area contributed by atoms with E-state index in [1.807, 2.05) is 0 Å². The number of aliphatic hydroxyl groups is 1. The Hall–Kier alpha value is -0.650. The molecule has 1 amide bonds. The van der Waals surface area contributed by atoms with Gasteiger partial charge in [-0.25, -0.2) is 5.48 Å². The van der Waals surface area contributed by atoms with Crippen molar-refractivity contribution in [3.05, 3.63) is 0 Å². The van der Waals surface area contributed by atoms with Crippen molar-refractivity contribution in [2.24, 2.45) is 5.73 Å². The van der Waals surface area contributed by atoms with E-state index in [4.69, 9.17) is 15.7 Å². The largest absolute Gasteiger partial charge is 0.396 e. The number of nitrogens with one attached hydrogen (secondary N) is 1. The van der Waals surface area contributed by atoms with Gasteiger partial charge in [0, 0.05) is 13.2 Å². The van der Waals surface area contributed by atoms with E-state index in [9.17, 15) is 4.79 Å². The van der Waals surface area contributed by atoms with Crippen LogP contribution in [0, 0.1) is 0 Å². The third-order valence-electron chi connectivity index (χ3n) is 1.50. The van der Waals surface area contributed by atoms with Crippen molar-refractivity contribution < 1.29 is 14.7 Å². The van der Waals surface area contributed by atoms with Crippen molar-refractivity contribution in [2.45, 2.75) is 25.7 Å². The monoisotopic (exact) mass is 190 g/mol. The molecule has 13 heavy (non-hydrogen) atoms. The highest BCUT2D eigenvalue weighted by Gasteiger charge is 1.93. The number of hydrogen-bond donors (Lipinski definition) is 3. The molecule has 0 aromatic rings. The Morgan fingerprint density at radius 2 is 2.00 bits per heavy atom. The van der Waals surface area contributed by atoms with Crippen LogP contribution in [0.3, 0.4) is 0 Å². The molecule has 4 N–H and O–H groups in total. The predicted molar refractivity (Wildman–Crippen MR) is 48.7 cm³/mol. The smallest absolute Gasteiger partial charge is 0.245 e. The molecule has 0 radical (unpaired) electrons. The van der Waals surface area contributed by atoms with Gasteiger partial charge >= 0.3 is 0 Å². The topological polar surface area (TPSA) is 84.6 Å². The average Bonchev–Trinajstić information content (AvgIpc) is 2.09. The van der Waals surface area contributed by atoms with Gasteiger partial charge in [0.2, 0.25) is 5.91 Å². The van der Waals surface area contributed by atoms with Crippen LogP contribution in [-0.4, -0.2) is 30.8 Å². The lowest BCUT2D eigenvalue weighted by atomic mass is 10.2. The summed E-state index contributed by atoms with van der Waals surface area (Å²) in [6, 6.07) is 0. The molecule has 0 saturated carbocycles. The molecule has 78 valence electrons. The molecular formula is C8H18N2O3. The SMILES string of the molecule is NC(=O)CONCCCCCCO. The highest BCUT2D eigenvalue weighted by molar-refractivity contribution is 5.74. The summed E-state index contributed by atoms with van der Waals surface area (Å²) in [5.74, 6) is -0.479. The summed E-state index contributed by atoms with van der Waals surface area (Å²) < 4.78 is 0. The number of carbonyl (C=O) groups is 1. The minimum atomic E-state index is -0.479. The number of unbranched alkanes of at least 4 members (excludes halogenated alkanes) is 3. The van der Waals surface area contributed by atoms with E-state index in [0.717, 1.165) is 25.7 Å². The van der Waals surface area contributed by atoms with Crippen LogP contribution in [0.15, 0.2) is 0 Å². The van der Waals surface area contributed by atoms with Crippen LogP contribution in [0.2, 0.25) is 0 Å². The molecule has 0 spiro atoms. The summed E-state index contributed by atoms with van der Waals surface area (Å²) in [4.78, 5) is 14.9. The lowest BCUT2D eigenvalue weighted by Gasteiger charge is -2.03. The van der Waals surface area contributed by atoms with E-state index in [1.165, 1.54) is 0 Å². The molecule has 0 heterocycles. The number of primary amides is 1. The first-order chi connectivity index (χ1) is 6.27. The Morgan fingerprint density at radius 1 is 1.31 bits per heavy atom. The third-order valence-corrected chi connectivity index (χ3v) is 1.50. The Bertz CT molecular complexity index is 131. The van der Waals surface area contributed by atoms with Crippen molar-refractivity contribution >= 4 is 5.91 Å². The standard InChI is InChI=1S/C8H18N2O3/c9-8(12)7-13-10-5-3-1-2-4-6-11/h10-11H,1-7H2,(H2,9,12). The van der Waals surface area contributed by atoms with Crippen LogP contribution in [0.5, 0.6) is 0 Å². The molecule has 0 atom stereocenters. The van der Waals surface area contributed by atoms with E-state index in [2.05, 4.69) is 5.48 Å². The van der Waals surface area contributed by atoms with Crippen molar-refractivity contribution in [1.29, 1.82) is 0 Å². The Balaban J connectivity index is 2.87. The molecule has 0 aliphatic heterocycles. The van der Waals surface area contributed by atoms with Crippen molar-refractivity contribution in [3.63, 3.8) is 0 Å². The van der Waals surface area contributed by atoms with E-state index in [-0.39, 0.29) is 13.2 Å². The maximum absolute atomic E-state index is 10.2. The minimum absolute atomic E-state index is 0.0867. The molecule has 0 fully saturated rings. The zero-order valence-corrected chi connectivity index (χ0v) is 7.79. The quantitative estimate of drug-likeness (QED) is 0.339. The van der Waals surface area contributed by atoms with E-state index >= 15 is 0 Å². The molecule has 0 rings (SSSR count). The normalized spacial score (nSPS) is 10.2. The molecule has 0 aliphatic carbocycles. The number of nitrogens with two attached hydrogens (primary N) is 1. The van der Waals surface area contributed by atoms with E-state index < -0.39 is 5.91 Å². The average molecular weight is 190 g/mol. The van der Waals surface area contributed by atoms with Crippen molar-refractivity contribution in [3.8, 4) is 0 Å². The predicted octanol–water partition coefficient (Wildman–Crippen LogP) is -0.454. The van der Waals surface area contributed by atoms with E-state index in [1.54, 1.807) is 0 Å². The molecule has 5 heteroatoms. The van der Waals surface area contributed by atoms with Gasteiger partial charge in [-0.15, -0.1) is 0 Å². The lowest BCUT2D eigenvalue weighted by molar-refractivity contribution is -0.125. The van der Waals surface area contributed by atoms with Crippen molar-refractivity contribution in [1.82, 2.24) is 5.48 Å². The molecular weight excluding hydrogens is 172 g/mol. The Morgan fingerprint density at radius 3 is 2.62 bits per heavy atom. The number of hydrogen-bond acceptors (Lipinski definition) is 4. The van der Waals surface area contributed by atoms with Crippen molar-refractivity contribution in [2.75, 3.05) is 19.8 Å². The fraction of sp³-hybridized carbons (Fsp3) is 0.875. The van der Waals surface area contributed by atoms with Crippen LogP contribution < -0.4 is 11.2 Å². The highest BCUT2D eigenvalue weighted by atomic mass is 16.6. The van der Waals surface area contributed by atoms with Crippen LogP contribution in [0.25, 0.3) is 0 Å². The summed E-state index contributed by atoms with van der Waals surface area (Å²) in [5, 5.41) is 8.48. The van der Waals surface area contributed by atoms with Crippen LogP contribution in [0.1, 0.15) is 25.7 Å².